The van der Waals surface area contributed by atoms with Gasteiger partial charge >= 0.3 is 0 Å². The lowest BCUT2D eigenvalue weighted by Crippen LogP contribution is -2.50. The van der Waals surface area contributed by atoms with E-state index in [4.69, 9.17) is 16.3 Å². The molecule has 2 bridgehead atoms. The number of amides is 1. The first kappa shape index (κ1) is 24.0. The zero-order valence-electron chi connectivity index (χ0n) is 19.4. The third-order valence-corrected chi connectivity index (χ3v) is 7.37. The van der Waals surface area contributed by atoms with Gasteiger partial charge in [0.25, 0.3) is 5.91 Å². The van der Waals surface area contributed by atoms with Crippen LogP contribution >= 0.6 is 11.6 Å². The Hall–Kier alpha value is -2.15. The van der Waals surface area contributed by atoms with Gasteiger partial charge in [-0.1, -0.05) is 17.7 Å². The molecule has 0 aromatic heterocycles. The molecule has 2 N–H and O–H groups in total. The third kappa shape index (κ3) is 5.34. The van der Waals surface area contributed by atoms with E-state index in [1.54, 1.807) is 6.92 Å². The summed E-state index contributed by atoms with van der Waals surface area (Å²) < 4.78 is 19.2. The van der Waals surface area contributed by atoms with E-state index in [-0.39, 0.29) is 23.6 Å². The Morgan fingerprint density at radius 2 is 1.91 bits per heavy atom. The van der Waals surface area contributed by atoms with Gasteiger partial charge in [-0.15, -0.1) is 0 Å². The number of hydrogen-bond donors (Lipinski definition) is 2. The molecule has 0 aliphatic carbocycles. The number of rotatable bonds is 7. The monoisotopic (exact) mass is 474 g/mol. The quantitative estimate of drug-likeness (QED) is 0.606. The van der Waals surface area contributed by atoms with E-state index in [2.05, 4.69) is 30.1 Å². The molecule has 4 rings (SSSR count). The first-order valence-electron chi connectivity index (χ1n) is 11.6. The lowest BCUT2D eigenvalue weighted by atomic mass is 9.94. The average molecular weight is 475 g/mol. The molecule has 7 heteroatoms. The number of aliphatic hydroxyl groups excluding tert-OH is 1. The Kier molecular flexibility index (Phi) is 7.27. The number of hydrogen-bond acceptors (Lipinski definition) is 4. The van der Waals surface area contributed by atoms with Gasteiger partial charge in [0.2, 0.25) is 0 Å². The fourth-order valence-electron chi connectivity index (χ4n) is 5.14. The summed E-state index contributed by atoms with van der Waals surface area (Å²) in [6.45, 7) is 7.07. The van der Waals surface area contributed by atoms with Gasteiger partial charge in [-0.25, -0.2) is 4.39 Å². The van der Waals surface area contributed by atoms with Crippen LogP contribution in [-0.2, 0) is 6.54 Å². The number of piperidine rings is 1. The number of ether oxygens (including phenoxy) is 1. The standard InChI is InChI=1S/C26H32ClFN2O3/c1-15(31)14-33-25-9-5-19(16(2)17(25)3)13-30-21-6-7-22(30)12-20(11-21)29-26(32)18-4-8-24(28)23(27)10-18/h4-5,8-10,15,20-22,31H,6-7,11-14H2,1-3H3,(H,29,32)/t15-,20?,21?,22?/m1/s1. The number of carbonyl (C=O) groups is 1. The molecule has 2 aromatic rings. The Morgan fingerprint density at radius 1 is 1.21 bits per heavy atom. The van der Waals surface area contributed by atoms with Crippen LogP contribution in [0.2, 0.25) is 5.02 Å². The van der Waals surface area contributed by atoms with Crippen LogP contribution in [0.25, 0.3) is 0 Å². The van der Waals surface area contributed by atoms with Crippen LogP contribution in [0.3, 0.4) is 0 Å². The van der Waals surface area contributed by atoms with Crippen molar-refractivity contribution in [2.45, 2.75) is 77.2 Å². The van der Waals surface area contributed by atoms with Crippen molar-refractivity contribution in [2.24, 2.45) is 0 Å². The zero-order chi connectivity index (χ0) is 23.7. The van der Waals surface area contributed by atoms with E-state index in [9.17, 15) is 14.3 Å². The number of fused-ring (bicyclic) bond motifs is 2. The average Bonchev–Trinajstić information content (AvgIpc) is 3.00. The molecular formula is C26H32ClFN2O3. The van der Waals surface area contributed by atoms with Crippen molar-refractivity contribution in [1.29, 1.82) is 0 Å². The minimum atomic E-state index is -0.521. The number of benzene rings is 2. The molecule has 2 heterocycles. The highest BCUT2D eigenvalue weighted by molar-refractivity contribution is 6.31. The van der Waals surface area contributed by atoms with Gasteiger partial charge in [0, 0.05) is 30.2 Å². The van der Waals surface area contributed by atoms with E-state index in [0.717, 1.165) is 43.5 Å². The molecule has 1 amide bonds. The maximum atomic E-state index is 13.4. The molecule has 0 spiro atoms. The van der Waals surface area contributed by atoms with Crippen LogP contribution in [0.15, 0.2) is 30.3 Å². The Balaban J connectivity index is 1.39. The molecule has 2 aliphatic rings. The summed E-state index contributed by atoms with van der Waals surface area (Å²) in [4.78, 5) is 15.2. The summed E-state index contributed by atoms with van der Waals surface area (Å²) in [5.41, 5.74) is 4.01. The van der Waals surface area contributed by atoms with E-state index in [0.29, 0.717) is 17.6 Å². The van der Waals surface area contributed by atoms with Crippen LogP contribution in [0, 0.1) is 19.7 Å². The maximum absolute atomic E-state index is 13.4. The van der Waals surface area contributed by atoms with Gasteiger partial charge in [0.05, 0.1) is 11.1 Å². The topological polar surface area (TPSA) is 61.8 Å². The molecule has 0 saturated carbocycles. The second-order valence-corrected chi connectivity index (χ2v) is 9.87. The molecule has 3 atom stereocenters. The molecule has 2 fully saturated rings. The largest absolute Gasteiger partial charge is 0.491 e. The minimum Gasteiger partial charge on any atom is -0.491 e. The molecule has 2 aromatic carbocycles. The first-order chi connectivity index (χ1) is 15.7. The van der Waals surface area contributed by atoms with Crippen molar-refractivity contribution in [3.05, 3.63) is 63.4 Å². The molecule has 0 radical (unpaired) electrons. The van der Waals surface area contributed by atoms with Crippen molar-refractivity contribution in [1.82, 2.24) is 10.2 Å². The van der Waals surface area contributed by atoms with Gasteiger partial charge in [-0.2, -0.15) is 0 Å². The molecule has 2 saturated heterocycles. The van der Waals surface area contributed by atoms with E-state index in [1.807, 2.05) is 6.07 Å². The van der Waals surface area contributed by atoms with Crippen molar-refractivity contribution < 1.29 is 19.0 Å². The van der Waals surface area contributed by atoms with Crippen LogP contribution in [0.1, 0.15) is 59.7 Å². The lowest BCUT2D eigenvalue weighted by Gasteiger charge is -2.39. The maximum Gasteiger partial charge on any atom is 0.251 e. The van der Waals surface area contributed by atoms with Crippen LogP contribution < -0.4 is 10.1 Å². The van der Waals surface area contributed by atoms with Gasteiger partial charge in [-0.05, 0) is 87.4 Å². The molecule has 2 aliphatic heterocycles. The number of aliphatic hydroxyl groups is 1. The first-order valence-corrected chi connectivity index (χ1v) is 12.0. The normalized spacial score (nSPS) is 23.4. The van der Waals surface area contributed by atoms with Gasteiger partial charge in [0.1, 0.15) is 18.2 Å². The van der Waals surface area contributed by atoms with Gasteiger partial charge in [-0.3, -0.25) is 9.69 Å². The predicted octanol–water partition coefficient (Wildman–Crippen LogP) is 4.78. The van der Waals surface area contributed by atoms with E-state index < -0.39 is 11.9 Å². The lowest BCUT2D eigenvalue weighted by molar-refractivity contribution is 0.0827. The predicted molar refractivity (Wildman–Crippen MR) is 127 cm³/mol. The molecular weight excluding hydrogens is 443 g/mol. The second-order valence-electron chi connectivity index (χ2n) is 9.46. The summed E-state index contributed by atoms with van der Waals surface area (Å²) in [6, 6.07) is 9.18. The zero-order valence-corrected chi connectivity index (χ0v) is 20.2. The summed E-state index contributed by atoms with van der Waals surface area (Å²) in [7, 11) is 0. The molecule has 5 nitrogen and oxygen atoms in total. The second kappa shape index (κ2) is 10.00. The van der Waals surface area contributed by atoms with Crippen molar-refractivity contribution in [3.63, 3.8) is 0 Å². The summed E-state index contributed by atoms with van der Waals surface area (Å²) in [6.07, 6.45) is 3.58. The van der Waals surface area contributed by atoms with Crippen LogP contribution in [-0.4, -0.2) is 46.7 Å². The molecule has 33 heavy (non-hydrogen) atoms. The molecule has 178 valence electrons. The minimum absolute atomic E-state index is 0.0366. The summed E-state index contributed by atoms with van der Waals surface area (Å²) >= 11 is 5.84. The van der Waals surface area contributed by atoms with Crippen LogP contribution in [0.5, 0.6) is 5.75 Å². The van der Waals surface area contributed by atoms with Gasteiger partial charge < -0.3 is 15.2 Å². The third-order valence-electron chi connectivity index (χ3n) is 7.08. The smallest absolute Gasteiger partial charge is 0.251 e. The Labute approximate surface area is 199 Å². The number of nitrogens with one attached hydrogen (secondary N) is 1. The van der Waals surface area contributed by atoms with Crippen molar-refractivity contribution in [3.8, 4) is 5.75 Å². The summed E-state index contributed by atoms with van der Waals surface area (Å²) in [5.74, 6) is 0.101. The van der Waals surface area contributed by atoms with E-state index in [1.165, 1.54) is 29.3 Å². The Morgan fingerprint density at radius 3 is 2.55 bits per heavy atom. The highest BCUT2D eigenvalue weighted by Gasteiger charge is 2.41. The molecule has 2 unspecified atom stereocenters. The van der Waals surface area contributed by atoms with Crippen molar-refractivity contribution >= 4 is 17.5 Å². The number of halogens is 2. The Bertz CT molecular complexity index is 1010. The van der Waals surface area contributed by atoms with Crippen molar-refractivity contribution in [2.75, 3.05) is 6.61 Å². The fourth-order valence-corrected chi connectivity index (χ4v) is 5.32. The van der Waals surface area contributed by atoms with Gasteiger partial charge in [0.15, 0.2) is 0 Å². The summed E-state index contributed by atoms with van der Waals surface area (Å²) in [5, 5.41) is 12.6. The fraction of sp³-hybridized carbons (Fsp3) is 0.500. The SMILES string of the molecule is Cc1c(CN2C3CCC2CC(NC(=O)c2ccc(F)c(Cl)c2)C3)ccc(OC[C@@H](C)O)c1C. The highest BCUT2D eigenvalue weighted by atomic mass is 35.5. The number of nitrogens with zero attached hydrogens (tertiary/aromatic N) is 1. The number of carbonyl (C=O) groups excluding carboxylic acids is 1. The van der Waals surface area contributed by atoms with Crippen LogP contribution in [0.4, 0.5) is 4.39 Å². The highest BCUT2D eigenvalue weighted by Crippen LogP contribution is 2.38. The van der Waals surface area contributed by atoms with E-state index >= 15 is 0 Å².